The molecule has 15 heavy (non-hydrogen) atoms. The Balaban J connectivity index is 2.11. The summed E-state index contributed by atoms with van der Waals surface area (Å²) >= 11 is 0. The van der Waals surface area contributed by atoms with Crippen molar-refractivity contribution in [3.63, 3.8) is 0 Å². The van der Waals surface area contributed by atoms with E-state index < -0.39 is 0 Å². The third-order valence-corrected chi connectivity index (χ3v) is 2.74. The maximum absolute atomic E-state index is 13.0. The monoisotopic (exact) mass is 206 g/mol. The Kier molecular flexibility index (Phi) is 3.02. The van der Waals surface area contributed by atoms with Crippen LogP contribution in [0.1, 0.15) is 6.42 Å². The molecule has 1 aromatic rings. The van der Waals surface area contributed by atoms with Crippen LogP contribution >= 0.6 is 0 Å². The summed E-state index contributed by atoms with van der Waals surface area (Å²) in [5.74, 6) is -0.180. The number of hydrogen-bond donors (Lipinski definition) is 1. The quantitative estimate of drug-likeness (QED) is 0.749. The van der Waals surface area contributed by atoms with Gasteiger partial charge in [-0.2, -0.15) is 0 Å². The van der Waals surface area contributed by atoms with Gasteiger partial charge in [-0.1, -0.05) is 17.7 Å². The first-order valence-electron chi connectivity index (χ1n) is 5.18. The highest BCUT2D eigenvalue weighted by atomic mass is 19.1. The molecule has 0 radical (unpaired) electrons. The molecule has 0 saturated heterocycles. The lowest BCUT2D eigenvalue weighted by atomic mass is 10.1. The fourth-order valence-electron chi connectivity index (χ4n) is 1.80. The fourth-order valence-corrected chi connectivity index (χ4v) is 1.80. The van der Waals surface area contributed by atoms with Gasteiger partial charge in [0.2, 0.25) is 0 Å². The number of halogens is 1. The van der Waals surface area contributed by atoms with Crippen LogP contribution in [0.2, 0.25) is 0 Å². The highest BCUT2D eigenvalue weighted by molar-refractivity contribution is 5.48. The molecule has 2 rings (SSSR count). The lowest BCUT2D eigenvalue weighted by Gasteiger charge is -2.28. The van der Waals surface area contributed by atoms with E-state index >= 15 is 0 Å². The van der Waals surface area contributed by atoms with Crippen molar-refractivity contribution in [1.82, 2.24) is 0 Å². The van der Waals surface area contributed by atoms with Crippen LogP contribution in [-0.2, 0) is 0 Å². The molecule has 1 aliphatic heterocycles. The van der Waals surface area contributed by atoms with Crippen molar-refractivity contribution in [2.75, 3.05) is 24.5 Å². The van der Waals surface area contributed by atoms with Gasteiger partial charge < -0.3 is 10.6 Å². The zero-order valence-electron chi connectivity index (χ0n) is 8.62. The molecule has 3 heteroatoms. The average molecular weight is 206 g/mol. The van der Waals surface area contributed by atoms with E-state index in [4.69, 9.17) is 5.73 Å². The first-order valence-corrected chi connectivity index (χ1v) is 5.18. The van der Waals surface area contributed by atoms with Crippen molar-refractivity contribution in [3.8, 4) is 0 Å². The van der Waals surface area contributed by atoms with Gasteiger partial charge in [0.1, 0.15) is 5.82 Å². The van der Waals surface area contributed by atoms with Gasteiger partial charge in [0.25, 0.3) is 0 Å². The summed E-state index contributed by atoms with van der Waals surface area (Å²) in [7, 11) is 0. The molecular weight excluding hydrogens is 191 g/mol. The van der Waals surface area contributed by atoms with Gasteiger partial charge in [-0.05, 0) is 24.6 Å². The van der Waals surface area contributed by atoms with Crippen molar-refractivity contribution in [3.05, 3.63) is 41.7 Å². The van der Waals surface area contributed by atoms with E-state index in [1.807, 2.05) is 6.07 Å². The summed E-state index contributed by atoms with van der Waals surface area (Å²) < 4.78 is 13.0. The van der Waals surface area contributed by atoms with Crippen LogP contribution in [0.3, 0.4) is 0 Å². The molecule has 0 saturated carbocycles. The SMILES string of the molecule is NCC1=CCN(c2cccc(F)c2)CC1. The van der Waals surface area contributed by atoms with Gasteiger partial charge in [0, 0.05) is 25.3 Å². The van der Waals surface area contributed by atoms with Gasteiger partial charge >= 0.3 is 0 Å². The molecule has 1 heterocycles. The van der Waals surface area contributed by atoms with Crippen molar-refractivity contribution in [2.24, 2.45) is 5.73 Å². The zero-order valence-corrected chi connectivity index (χ0v) is 8.62. The number of nitrogens with zero attached hydrogens (tertiary/aromatic N) is 1. The Morgan fingerprint density at radius 3 is 2.87 bits per heavy atom. The van der Waals surface area contributed by atoms with Crippen LogP contribution in [-0.4, -0.2) is 19.6 Å². The van der Waals surface area contributed by atoms with Gasteiger partial charge in [0.05, 0.1) is 0 Å². The molecule has 0 aliphatic carbocycles. The molecule has 0 fully saturated rings. The molecule has 2 N–H and O–H groups in total. The summed E-state index contributed by atoms with van der Waals surface area (Å²) in [5.41, 5.74) is 7.81. The Hall–Kier alpha value is -1.35. The van der Waals surface area contributed by atoms with Gasteiger partial charge in [-0.25, -0.2) is 4.39 Å². The molecule has 0 amide bonds. The van der Waals surface area contributed by atoms with Crippen LogP contribution in [0.4, 0.5) is 10.1 Å². The standard InChI is InChI=1S/C12H15FN2/c13-11-2-1-3-12(8-11)15-6-4-10(9-14)5-7-15/h1-4,8H,5-7,9,14H2. The van der Waals surface area contributed by atoms with Crippen LogP contribution in [0.25, 0.3) is 0 Å². The Morgan fingerprint density at radius 2 is 2.27 bits per heavy atom. The van der Waals surface area contributed by atoms with E-state index in [0.29, 0.717) is 6.54 Å². The largest absolute Gasteiger partial charge is 0.367 e. The van der Waals surface area contributed by atoms with Crippen LogP contribution in [0.5, 0.6) is 0 Å². The smallest absolute Gasteiger partial charge is 0.125 e. The maximum atomic E-state index is 13.0. The number of hydrogen-bond acceptors (Lipinski definition) is 2. The fraction of sp³-hybridized carbons (Fsp3) is 0.333. The normalized spacial score (nSPS) is 16.4. The van der Waals surface area contributed by atoms with Gasteiger partial charge in [0.15, 0.2) is 0 Å². The first-order chi connectivity index (χ1) is 7.29. The summed E-state index contributed by atoms with van der Waals surface area (Å²) in [6, 6.07) is 6.72. The average Bonchev–Trinajstić information content (AvgIpc) is 2.29. The molecule has 1 aromatic carbocycles. The van der Waals surface area contributed by atoms with Crippen molar-refractivity contribution in [1.29, 1.82) is 0 Å². The predicted octanol–water partition coefficient (Wildman–Crippen LogP) is 1.92. The second kappa shape index (κ2) is 4.45. The zero-order chi connectivity index (χ0) is 10.7. The van der Waals surface area contributed by atoms with E-state index in [1.54, 1.807) is 12.1 Å². The topological polar surface area (TPSA) is 29.3 Å². The number of anilines is 1. The molecule has 0 spiro atoms. The third kappa shape index (κ3) is 2.36. The second-order valence-electron chi connectivity index (χ2n) is 3.74. The van der Waals surface area contributed by atoms with Crippen LogP contribution in [0, 0.1) is 5.82 Å². The van der Waals surface area contributed by atoms with E-state index in [1.165, 1.54) is 11.6 Å². The Morgan fingerprint density at radius 1 is 1.40 bits per heavy atom. The third-order valence-electron chi connectivity index (χ3n) is 2.74. The first kappa shape index (κ1) is 10.2. The molecule has 1 aliphatic rings. The van der Waals surface area contributed by atoms with E-state index in [0.717, 1.165) is 25.2 Å². The molecule has 0 unspecified atom stereocenters. The number of nitrogens with two attached hydrogens (primary N) is 1. The molecule has 0 atom stereocenters. The maximum Gasteiger partial charge on any atom is 0.125 e. The molecule has 2 nitrogen and oxygen atoms in total. The minimum Gasteiger partial charge on any atom is -0.367 e. The lowest BCUT2D eigenvalue weighted by Crippen LogP contribution is -2.29. The molecule has 0 aromatic heterocycles. The van der Waals surface area contributed by atoms with Crippen molar-refractivity contribution < 1.29 is 4.39 Å². The summed E-state index contributed by atoms with van der Waals surface area (Å²) in [5, 5.41) is 0. The minimum absolute atomic E-state index is 0.180. The number of rotatable bonds is 2. The van der Waals surface area contributed by atoms with E-state index in [9.17, 15) is 4.39 Å². The van der Waals surface area contributed by atoms with Crippen LogP contribution in [0.15, 0.2) is 35.9 Å². The lowest BCUT2D eigenvalue weighted by molar-refractivity contribution is 0.626. The van der Waals surface area contributed by atoms with Crippen molar-refractivity contribution in [2.45, 2.75) is 6.42 Å². The highest BCUT2D eigenvalue weighted by Crippen LogP contribution is 2.19. The molecule has 80 valence electrons. The summed E-state index contributed by atoms with van der Waals surface area (Å²) in [4.78, 5) is 2.15. The summed E-state index contributed by atoms with van der Waals surface area (Å²) in [6.45, 7) is 2.39. The summed E-state index contributed by atoms with van der Waals surface area (Å²) in [6.07, 6.45) is 3.11. The second-order valence-corrected chi connectivity index (χ2v) is 3.74. The van der Waals surface area contributed by atoms with Gasteiger partial charge in [-0.3, -0.25) is 0 Å². The molecule has 0 bridgehead atoms. The Labute approximate surface area is 89.2 Å². The Bertz CT molecular complexity index is 374. The highest BCUT2D eigenvalue weighted by Gasteiger charge is 2.11. The van der Waals surface area contributed by atoms with Gasteiger partial charge in [-0.15, -0.1) is 0 Å². The predicted molar refractivity (Wildman–Crippen MR) is 60.4 cm³/mol. The minimum atomic E-state index is -0.180. The molecular formula is C12H15FN2. The van der Waals surface area contributed by atoms with E-state index in [-0.39, 0.29) is 5.82 Å². The van der Waals surface area contributed by atoms with E-state index in [2.05, 4.69) is 11.0 Å². The number of benzene rings is 1. The van der Waals surface area contributed by atoms with Crippen LogP contribution < -0.4 is 10.6 Å². The van der Waals surface area contributed by atoms with Crippen molar-refractivity contribution >= 4 is 5.69 Å².